The number of rotatable bonds is 9. The number of hydrogen-bond donors (Lipinski definition) is 3. The first-order valence-corrected chi connectivity index (χ1v) is 50.5. The Morgan fingerprint density at radius 3 is 1.17 bits per heavy atom. The van der Waals surface area contributed by atoms with Crippen LogP contribution in [0.1, 0.15) is 63.8 Å². The first-order chi connectivity index (χ1) is 28.8. The molecule has 60 heavy (non-hydrogen) atoms. The van der Waals surface area contributed by atoms with Crippen LogP contribution in [-0.2, 0) is 256 Å². The summed E-state index contributed by atoms with van der Waals surface area (Å²) >= 11 is 22.9. The topological polar surface area (TPSA) is 79.6 Å². The van der Waals surface area contributed by atoms with E-state index in [1.54, 1.807) is 215 Å². The molecule has 3 rings (SSSR count). The van der Waals surface area contributed by atoms with Crippen molar-refractivity contribution >= 4 is 287 Å². The summed E-state index contributed by atoms with van der Waals surface area (Å²) in [4.78, 5) is 4.21. The lowest BCUT2D eigenvalue weighted by atomic mass is 10.2. The van der Waals surface area contributed by atoms with Gasteiger partial charge in [-0.2, -0.15) is 12.6 Å². The maximum Gasteiger partial charge on any atom is 0.106 e. The smallest absolute Gasteiger partial charge is 0.106 e. The average Bonchev–Trinajstić information content (AvgIpc) is 3.87. The monoisotopic (exact) mass is 1370 g/mol. The third-order valence-corrected chi connectivity index (χ3v) is 51.7. The molecular formula is C25H37NO4S30. The van der Waals surface area contributed by atoms with E-state index in [9.17, 15) is 0 Å². The van der Waals surface area contributed by atoms with Crippen LogP contribution in [-0.4, -0.2) is 24.7 Å². The van der Waals surface area contributed by atoms with Crippen LogP contribution in [0.3, 0.4) is 0 Å². The van der Waals surface area contributed by atoms with Crippen LogP contribution in [0.5, 0.6) is 0 Å². The molecule has 0 atom stereocenters. The number of thiol groups is 1. The van der Waals surface area contributed by atoms with E-state index in [0.29, 0.717) is 0 Å². The molecule has 5 nitrogen and oxygen atoms in total. The maximum atomic E-state index is 9.04. The molecular weight excluding hydrogens is 1340 g/mol. The van der Waals surface area contributed by atoms with Gasteiger partial charge in [0.1, 0.15) is 5.03 Å². The molecule has 35 heteroatoms. The molecule has 0 aromatic carbocycles. The number of hydrogen-bond acceptors (Lipinski definition) is 14. The van der Waals surface area contributed by atoms with Gasteiger partial charge < -0.3 is 19.0 Å². The quantitative estimate of drug-likeness (QED) is 0.143. The van der Waals surface area contributed by atoms with Gasteiger partial charge in [-0.05, 0) is 22.9 Å². The normalized spacial score (nSPS) is 9.55. The highest BCUT2D eigenvalue weighted by atomic mass is 33.5. The average molecular weight is 1380 g/mol. The van der Waals surface area contributed by atoms with Gasteiger partial charge >= 0.3 is 0 Å². The van der Waals surface area contributed by atoms with Crippen molar-refractivity contribution in [3.63, 3.8) is 0 Å². The second kappa shape index (κ2) is 48.9. The van der Waals surface area contributed by atoms with Gasteiger partial charge in [-0.3, -0.25) is 0 Å². The van der Waals surface area contributed by atoms with Crippen molar-refractivity contribution in [2.24, 2.45) is 0 Å². The lowest BCUT2D eigenvalue weighted by Crippen LogP contribution is -2.04. The van der Waals surface area contributed by atoms with E-state index in [1.807, 2.05) is 29.0 Å². The summed E-state index contributed by atoms with van der Waals surface area (Å²) < 4.78 is 10.5. The maximum absolute atomic E-state index is 9.04. The van der Waals surface area contributed by atoms with E-state index in [2.05, 4.69) is 81.5 Å². The van der Waals surface area contributed by atoms with Crippen molar-refractivity contribution < 1.29 is 19.0 Å². The van der Waals surface area contributed by atoms with Gasteiger partial charge in [-0.15, -0.1) is 0 Å². The van der Waals surface area contributed by atoms with E-state index in [4.69, 9.17) is 41.4 Å². The summed E-state index contributed by atoms with van der Waals surface area (Å²) in [5.41, 5.74) is 3.88. The number of aliphatic hydroxyl groups is 2. The molecule has 0 saturated heterocycles. The van der Waals surface area contributed by atoms with Crippen molar-refractivity contribution in [2.75, 3.05) is 0 Å². The number of aromatic nitrogens is 1. The Labute approximate surface area is 454 Å². The third kappa shape index (κ3) is 50.7. The SMILES string of the molecule is CC(C)(C)S.CC(C)(C)SSCc1cocc1CO.OCc1cocc1CSSc1ccccn1.S=S=S=S=S=S=S=S=S=S=S=S.S=S=S=S=S=S=S=S=S=S=S=S=S. The van der Waals surface area contributed by atoms with Crippen molar-refractivity contribution in [2.45, 2.75) is 80.8 Å². The molecule has 0 amide bonds. The minimum Gasteiger partial charge on any atom is -0.472 e. The molecule has 0 spiro atoms. The molecule has 346 valence electrons. The molecule has 0 aliphatic rings. The van der Waals surface area contributed by atoms with Crippen molar-refractivity contribution in [3.8, 4) is 0 Å². The predicted molar refractivity (Wildman–Crippen MR) is 342 cm³/mol. The standard InChI is InChI=1S/C11H11NO2S2.C10H16O2S2.C4H10S.S13.S12/c13-5-9-6-14-7-10(9)8-15-16-11-3-1-2-4-12-11;1-10(2,3)14-13-7-9-6-12-5-8(9)4-11;1-4(2,3)5;1-3-5-7-9-11-13-12-10-8-6-4-2;1-3-5-7-9-11-12-10-8-6-4-2/h1-4,6-7,13H,5,8H2;5-6,11H,4,7H2,1-3H3;5H,1-3H3;;. The molecule has 0 aliphatic heterocycles. The lowest BCUT2D eigenvalue weighted by Gasteiger charge is -2.15. The Bertz CT molecular complexity index is 2500. The fourth-order valence-electron chi connectivity index (χ4n) is 2.24. The Morgan fingerprint density at radius 1 is 0.533 bits per heavy atom. The summed E-state index contributed by atoms with van der Waals surface area (Å²) in [6, 6.07) is 5.83. The second-order valence-corrected chi connectivity index (χ2v) is 54.7. The number of pyridine rings is 1. The van der Waals surface area contributed by atoms with E-state index in [1.165, 1.54) is 35.5 Å². The van der Waals surface area contributed by atoms with Crippen molar-refractivity contribution in [1.82, 2.24) is 4.98 Å². The number of furan rings is 2. The lowest BCUT2D eigenvalue weighted by molar-refractivity contribution is 0.279. The molecule has 0 fully saturated rings. The van der Waals surface area contributed by atoms with E-state index < -0.39 is 0 Å². The van der Waals surface area contributed by atoms with Gasteiger partial charge in [0.05, 0.1) is 38.3 Å². The summed E-state index contributed by atoms with van der Waals surface area (Å²) in [5.74, 6) is 1.68. The van der Waals surface area contributed by atoms with Gasteiger partial charge in [-0.1, -0.05) is 80.0 Å². The summed E-state index contributed by atoms with van der Waals surface area (Å²) in [6.45, 7) is 12.8. The Balaban J connectivity index is 0. The van der Waals surface area contributed by atoms with Crippen LogP contribution in [0.2, 0.25) is 0 Å². The van der Waals surface area contributed by atoms with Crippen LogP contribution in [0.25, 0.3) is 0 Å². The van der Waals surface area contributed by atoms with Gasteiger partial charge in [0, 0.05) is 281 Å². The number of nitrogens with zero attached hydrogens (tertiary/aromatic N) is 1. The highest BCUT2D eigenvalue weighted by Gasteiger charge is 2.12. The Hall–Kier alpha value is 4.88. The molecule has 3 aromatic rings. The fourth-order valence-corrected chi connectivity index (χ4v) is 53.3. The third-order valence-electron chi connectivity index (χ3n) is 4.05. The summed E-state index contributed by atoms with van der Waals surface area (Å²) in [7, 11) is 41.3. The van der Waals surface area contributed by atoms with Crippen molar-refractivity contribution in [3.05, 3.63) is 71.7 Å². The molecule has 0 aliphatic carbocycles. The molecule has 0 saturated carbocycles. The molecule has 0 unspecified atom stereocenters. The summed E-state index contributed by atoms with van der Waals surface area (Å²) in [5, 5.41) is 19.0. The zero-order chi connectivity index (χ0) is 45.2. The van der Waals surface area contributed by atoms with Crippen LogP contribution in [0.15, 0.2) is 63.3 Å². The van der Waals surface area contributed by atoms with Crippen LogP contribution in [0, 0.1) is 0 Å². The van der Waals surface area contributed by atoms with Crippen LogP contribution >= 0.6 is 55.8 Å². The largest absolute Gasteiger partial charge is 0.472 e. The van der Waals surface area contributed by atoms with Crippen molar-refractivity contribution in [1.29, 1.82) is 0 Å². The minimum absolute atomic E-state index is 0.0284. The Kier molecular flexibility index (Phi) is 54.6. The second-order valence-electron chi connectivity index (χ2n) is 10.7. The van der Waals surface area contributed by atoms with E-state index in [-0.39, 0.29) is 22.7 Å². The zero-order valence-electron chi connectivity index (χ0n) is 31.4. The van der Waals surface area contributed by atoms with Gasteiger partial charge in [0.2, 0.25) is 0 Å². The minimum atomic E-state index is 0.0284. The van der Waals surface area contributed by atoms with Gasteiger partial charge in [-0.25, -0.2) is 4.98 Å². The van der Waals surface area contributed by atoms with Gasteiger partial charge in [0.25, 0.3) is 0 Å². The highest BCUT2D eigenvalue weighted by molar-refractivity contribution is 8.77. The molecule has 2 N–H and O–H groups in total. The van der Waals surface area contributed by atoms with Gasteiger partial charge in [0.15, 0.2) is 0 Å². The van der Waals surface area contributed by atoms with E-state index in [0.717, 1.165) is 38.8 Å². The Morgan fingerprint density at radius 2 is 0.867 bits per heavy atom. The molecule has 0 bridgehead atoms. The van der Waals surface area contributed by atoms with Crippen LogP contribution in [0.4, 0.5) is 0 Å². The van der Waals surface area contributed by atoms with E-state index >= 15 is 0 Å². The van der Waals surface area contributed by atoms with Crippen LogP contribution < -0.4 is 0 Å². The molecule has 0 radical (unpaired) electrons. The molecule has 3 heterocycles. The first kappa shape index (κ1) is 67.0. The highest BCUT2D eigenvalue weighted by Crippen LogP contribution is 2.37. The fraction of sp³-hybridized carbons (Fsp3) is 0.480. The predicted octanol–water partition coefficient (Wildman–Crippen LogP) is 8.21. The first-order valence-electron chi connectivity index (χ1n) is 14.8. The molecule has 3 aromatic heterocycles. The summed E-state index contributed by atoms with van der Waals surface area (Å²) in [6.07, 6.45) is 8.36. The zero-order valence-corrected chi connectivity index (χ0v) is 56.0. The number of aliphatic hydroxyl groups excluding tert-OH is 2.